The molecule has 1 aromatic rings. The van der Waals surface area contributed by atoms with Crippen molar-refractivity contribution in [1.82, 2.24) is 25.8 Å². The summed E-state index contributed by atoms with van der Waals surface area (Å²) >= 11 is 0. The molecule has 0 radical (unpaired) electrons. The first-order chi connectivity index (χ1) is 13.5. The number of hydrazine groups is 1. The van der Waals surface area contributed by atoms with Crippen LogP contribution in [0.15, 0.2) is 24.5 Å². The minimum absolute atomic E-state index is 0.00494. The summed E-state index contributed by atoms with van der Waals surface area (Å²) in [7, 11) is -4.90. The van der Waals surface area contributed by atoms with Crippen molar-refractivity contribution in [3.05, 3.63) is 30.1 Å². The number of amides is 4. The maximum absolute atomic E-state index is 12.6. The first kappa shape index (κ1) is 21.0. The minimum atomic E-state index is -4.90. The van der Waals surface area contributed by atoms with Gasteiger partial charge in [-0.05, 0) is 23.5 Å². The van der Waals surface area contributed by atoms with Gasteiger partial charge in [0.25, 0.3) is 5.91 Å². The SMILES string of the molecule is CC1(C)C[C@@H](C(=O)NNC(=O)Cc2cccnc2)N2CC1N(OS(=O)(=O)O)C2=O. The van der Waals surface area contributed by atoms with Gasteiger partial charge in [0.2, 0.25) is 5.91 Å². The highest BCUT2D eigenvalue weighted by Crippen LogP contribution is 2.42. The van der Waals surface area contributed by atoms with Gasteiger partial charge in [-0.25, -0.2) is 4.79 Å². The van der Waals surface area contributed by atoms with Gasteiger partial charge in [-0.15, -0.1) is 4.28 Å². The number of hydrogen-bond acceptors (Lipinski definition) is 7. The Labute approximate surface area is 167 Å². The minimum Gasteiger partial charge on any atom is -0.309 e. The monoisotopic (exact) mass is 427 g/mol. The average molecular weight is 427 g/mol. The number of aromatic nitrogens is 1. The van der Waals surface area contributed by atoms with E-state index >= 15 is 0 Å². The fraction of sp³-hybridized carbons (Fsp3) is 0.500. The van der Waals surface area contributed by atoms with E-state index in [4.69, 9.17) is 4.55 Å². The van der Waals surface area contributed by atoms with Gasteiger partial charge in [-0.3, -0.25) is 30.0 Å². The van der Waals surface area contributed by atoms with Crippen molar-refractivity contribution in [2.24, 2.45) is 5.41 Å². The van der Waals surface area contributed by atoms with Gasteiger partial charge in [0.1, 0.15) is 6.04 Å². The number of piperidine rings is 1. The van der Waals surface area contributed by atoms with Gasteiger partial charge in [0.15, 0.2) is 0 Å². The summed E-state index contributed by atoms with van der Waals surface area (Å²) in [5.74, 6) is -1.10. The van der Waals surface area contributed by atoms with E-state index in [1.54, 1.807) is 32.2 Å². The van der Waals surface area contributed by atoms with E-state index in [-0.39, 0.29) is 19.4 Å². The lowest BCUT2D eigenvalue weighted by Crippen LogP contribution is -2.57. The summed E-state index contributed by atoms with van der Waals surface area (Å²) in [6, 6.07) is 0.898. The predicted octanol–water partition coefficient (Wildman–Crippen LogP) is -0.589. The van der Waals surface area contributed by atoms with Gasteiger partial charge in [-0.1, -0.05) is 19.9 Å². The second-order valence-corrected chi connectivity index (χ2v) is 8.57. The molecule has 1 aromatic heterocycles. The zero-order valence-electron chi connectivity index (χ0n) is 15.7. The Bertz CT molecular complexity index is 921. The molecule has 3 N–H and O–H groups in total. The van der Waals surface area contributed by atoms with E-state index < -0.39 is 45.7 Å². The summed E-state index contributed by atoms with van der Waals surface area (Å²) in [6.45, 7) is 3.52. The van der Waals surface area contributed by atoms with Crippen LogP contribution in [-0.2, 0) is 30.7 Å². The number of urea groups is 1. The van der Waals surface area contributed by atoms with Crippen LogP contribution in [0.1, 0.15) is 25.8 Å². The summed E-state index contributed by atoms with van der Waals surface area (Å²) < 4.78 is 35.5. The lowest BCUT2D eigenvalue weighted by atomic mass is 9.76. The number of nitrogens with zero attached hydrogens (tertiary/aromatic N) is 3. The Balaban J connectivity index is 1.65. The van der Waals surface area contributed by atoms with Crippen LogP contribution in [0.2, 0.25) is 0 Å². The molecule has 2 bridgehead atoms. The topological polar surface area (TPSA) is 158 Å². The highest BCUT2D eigenvalue weighted by Gasteiger charge is 2.56. The standard InChI is InChI=1S/C16H21N5O7S/c1-16(2)7-11(20-9-12(16)21(15(20)24)28-29(25,26)27)14(23)19-18-13(22)6-10-4-3-5-17-8-10/h3-5,8,11-12H,6-7,9H2,1-2H3,(H,18,22)(H,19,23)(H,25,26,27)/t11-,12?/m0/s1. The first-order valence-electron chi connectivity index (χ1n) is 8.72. The van der Waals surface area contributed by atoms with Crippen molar-refractivity contribution in [2.45, 2.75) is 38.8 Å². The van der Waals surface area contributed by atoms with E-state index in [1.807, 2.05) is 0 Å². The van der Waals surface area contributed by atoms with Crippen molar-refractivity contribution < 1.29 is 31.6 Å². The zero-order valence-corrected chi connectivity index (χ0v) is 16.5. The van der Waals surface area contributed by atoms with Gasteiger partial charge in [0.05, 0.1) is 12.5 Å². The van der Waals surface area contributed by atoms with Crippen molar-refractivity contribution in [3.8, 4) is 0 Å². The van der Waals surface area contributed by atoms with E-state index in [0.717, 1.165) is 4.90 Å². The number of hydroxylamine groups is 2. The van der Waals surface area contributed by atoms with Gasteiger partial charge < -0.3 is 4.90 Å². The van der Waals surface area contributed by atoms with E-state index in [1.165, 1.54) is 6.20 Å². The van der Waals surface area contributed by atoms with Crippen LogP contribution in [-0.4, -0.2) is 64.4 Å². The molecule has 29 heavy (non-hydrogen) atoms. The number of pyridine rings is 1. The Morgan fingerprint density at radius 3 is 2.72 bits per heavy atom. The van der Waals surface area contributed by atoms with Crippen LogP contribution >= 0.6 is 0 Å². The van der Waals surface area contributed by atoms with Crippen molar-refractivity contribution in [3.63, 3.8) is 0 Å². The Morgan fingerprint density at radius 1 is 1.38 bits per heavy atom. The molecule has 158 valence electrons. The Kier molecular flexibility index (Phi) is 5.47. The summed E-state index contributed by atoms with van der Waals surface area (Å²) in [6.07, 6.45) is 3.30. The smallest absolute Gasteiger partial charge is 0.309 e. The van der Waals surface area contributed by atoms with E-state index in [0.29, 0.717) is 10.6 Å². The molecule has 0 saturated carbocycles. The summed E-state index contributed by atoms with van der Waals surface area (Å²) in [5, 5.41) is 0.573. The van der Waals surface area contributed by atoms with E-state index in [9.17, 15) is 22.8 Å². The highest BCUT2D eigenvalue weighted by molar-refractivity contribution is 7.80. The molecule has 3 heterocycles. The molecule has 13 heteroatoms. The zero-order chi connectivity index (χ0) is 21.4. The normalized spacial score (nSPS) is 23.1. The number of carbonyl (C=O) groups is 3. The second kappa shape index (κ2) is 7.57. The molecule has 0 aliphatic carbocycles. The molecule has 2 atom stereocenters. The third-order valence-electron chi connectivity index (χ3n) is 4.97. The molecule has 2 aliphatic rings. The molecule has 2 fully saturated rings. The van der Waals surface area contributed by atoms with Crippen LogP contribution in [0.5, 0.6) is 0 Å². The van der Waals surface area contributed by atoms with Crippen molar-refractivity contribution in [2.75, 3.05) is 6.54 Å². The van der Waals surface area contributed by atoms with Crippen LogP contribution in [0.25, 0.3) is 0 Å². The van der Waals surface area contributed by atoms with Gasteiger partial charge >= 0.3 is 16.4 Å². The van der Waals surface area contributed by atoms with Crippen molar-refractivity contribution >= 4 is 28.2 Å². The summed E-state index contributed by atoms with van der Waals surface area (Å²) in [4.78, 5) is 42.2. The first-order valence-corrected chi connectivity index (χ1v) is 10.1. The Hall–Kier alpha value is -2.77. The van der Waals surface area contributed by atoms with Crippen LogP contribution in [0, 0.1) is 5.41 Å². The number of carbonyl (C=O) groups excluding carboxylic acids is 3. The molecular weight excluding hydrogens is 406 g/mol. The molecule has 0 spiro atoms. The molecule has 1 unspecified atom stereocenters. The highest BCUT2D eigenvalue weighted by atomic mass is 32.3. The number of nitrogens with one attached hydrogen (secondary N) is 2. The fourth-order valence-corrected chi connectivity index (χ4v) is 3.91. The lowest BCUT2D eigenvalue weighted by Gasteiger charge is -2.40. The number of hydrogen-bond donors (Lipinski definition) is 3. The van der Waals surface area contributed by atoms with E-state index in [2.05, 4.69) is 20.1 Å². The largest absolute Gasteiger partial charge is 0.418 e. The van der Waals surface area contributed by atoms with Crippen LogP contribution in [0.3, 0.4) is 0 Å². The predicted molar refractivity (Wildman–Crippen MR) is 96.8 cm³/mol. The number of fused-ring (bicyclic) bond motifs is 2. The maximum atomic E-state index is 12.6. The van der Waals surface area contributed by atoms with Crippen LogP contribution in [0.4, 0.5) is 4.79 Å². The summed E-state index contributed by atoms with van der Waals surface area (Å²) in [5.41, 5.74) is 4.55. The maximum Gasteiger partial charge on any atom is 0.418 e. The van der Waals surface area contributed by atoms with Crippen LogP contribution < -0.4 is 10.9 Å². The van der Waals surface area contributed by atoms with Gasteiger partial charge in [0, 0.05) is 18.9 Å². The molecule has 0 aromatic carbocycles. The average Bonchev–Trinajstić information content (AvgIpc) is 2.91. The molecule has 4 amide bonds. The molecular formula is C16H21N5O7S. The van der Waals surface area contributed by atoms with Crippen molar-refractivity contribution in [1.29, 1.82) is 0 Å². The number of rotatable bonds is 5. The second-order valence-electron chi connectivity index (χ2n) is 7.56. The molecule has 2 aliphatic heterocycles. The molecule has 12 nitrogen and oxygen atoms in total. The quantitative estimate of drug-likeness (QED) is 0.415. The van der Waals surface area contributed by atoms with Gasteiger partial charge in [-0.2, -0.15) is 13.5 Å². The third kappa shape index (κ3) is 4.63. The third-order valence-corrected chi connectivity index (χ3v) is 5.32. The Morgan fingerprint density at radius 2 is 2.10 bits per heavy atom. The molecule has 3 rings (SSSR count). The molecule has 2 saturated heterocycles. The lowest BCUT2D eigenvalue weighted by molar-refractivity contribution is -0.133. The fourth-order valence-electron chi connectivity index (χ4n) is 3.53.